The number of nitrogens with one attached hydrogen (secondary N) is 1. The second-order valence-corrected chi connectivity index (χ2v) is 5.49. The van der Waals surface area contributed by atoms with Crippen LogP contribution in [0.25, 0.3) is 0 Å². The van der Waals surface area contributed by atoms with Crippen LogP contribution in [-0.4, -0.2) is 13.1 Å². The van der Waals surface area contributed by atoms with Gasteiger partial charge in [-0.15, -0.1) is 0 Å². The van der Waals surface area contributed by atoms with Crippen LogP contribution in [0.2, 0.25) is 0 Å². The summed E-state index contributed by atoms with van der Waals surface area (Å²) in [6, 6.07) is 0. The topological polar surface area (TPSA) is 12.0 Å². The molecule has 17 heavy (non-hydrogen) atoms. The van der Waals surface area contributed by atoms with E-state index in [9.17, 15) is 0 Å². The molecule has 0 saturated heterocycles. The van der Waals surface area contributed by atoms with E-state index >= 15 is 0 Å². The molecule has 1 N–H and O–H groups in total. The summed E-state index contributed by atoms with van der Waals surface area (Å²) in [6.07, 6.45) is 10.9. The van der Waals surface area contributed by atoms with Crippen molar-refractivity contribution < 1.29 is 0 Å². The smallest absolute Gasteiger partial charge is 0.00205 e. The lowest BCUT2D eigenvalue weighted by atomic mass is 9.97. The third-order valence-electron chi connectivity index (χ3n) is 3.95. The lowest BCUT2D eigenvalue weighted by Crippen LogP contribution is -2.28. The van der Waals surface area contributed by atoms with Gasteiger partial charge in [0, 0.05) is 0 Å². The zero-order valence-corrected chi connectivity index (χ0v) is 12.7. The minimum absolute atomic E-state index is 0.902. The fourth-order valence-corrected chi connectivity index (χ4v) is 2.38. The quantitative estimate of drug-likeness (QED) is 0.506. The minimum Gasteiger partial charge on any atom is -0.316 e. The zero-order chi connectivity index (χ0) is 12.9. The summed E-state index contributed by atoms with van der Waals surface area (Å²) >= 11 is 0. The van der Waals surface area contributed by atoms with E-state index < -0.39 is 0 Å². The molecule has 0 spiro atoms. The van der Waals surface area contributed by atoms with Crippen molar-refractivity contribution in [2.75, 3.05) is 13.1 Å². The SMILES string of the molecule is CCCCC(CC)CNC[C@H](CC)CCCC. The van der Waals surface area contributed by atoms with Gasteiger partial charge < -0.3 is 5.32 Å². The molecule has 0 radical (unpaired) electrons. The van der Waals surface area contributed by atoms with Crippen LogP contribution in [-0.2, 0) is 0 Å². The highest BCUT2D eigenvalue weighted by molar-refractivity contribution is 4.65. The maximum Gasteiger partial charge on any atom is -0.00205 e. The molecule has 1 unspecified atom stereocenters. The standard InChI is InChI=1S/C16H35N/c1-5-9-11-15(7-3)13-17-14-16(8-4)12-10-6-2/h15-17H,5-14H2,1-4H3/t15-,16?/m1/s1. The second kappa shape index (κ2) is 12.4. The molecule has 0 fully saturated rings. The fourth-order valence-electron chi connectivity index (χ4n) is 2.38. The van der Waals surface area contributed by atoms with Crippen LogP contribution >= 0.6 is 0 Å². The van der Waals surface area contributed by atoms with Crippen LogP contribution in [0, 0.1) is 11.8 Å². The van der Waals surface area contributed by atoms with E-state index in [4.69, 9.17) is 0 Å². The van der Waals surface area contributed by atoms with Crippen LogP contribution in [0.15, 0.2) is 0 Å². The molecular weight excluding hydrogens is 206 g/mol. The molecule has 0 rings (SSSR count). The van der Waals surface area contributed by atoms with Crippen molar-refractivity contribution in [2.24, 2.45) is 11.8 Å². The lowest BCUT2D eigenvalue weighted by Gasteiger charge is -2.19. The molecule has 104 valence electrons. The van der Waals surface area contributed by atoms with Gasteiger partial charge in [-0.05, 0) is 37.8 Å². The molecule has 0 saturated carbocycles. The Morgan fingerprint density at radius 1 is 0.706 bits per heavy atom. The second-order valence-electron chi connectivity index (χ2n) is 5.49. The molecular formula is C16H35N. The summed E-state index contributed by atoms with van der Waals surface area (Å²) in [5.41, 5.74) is 0. The molecule has 0 aliphatic rings. The van der Waals surface area contributed by atoms with Gasteiger partial charge in [0.1, 0.15) is 0 Å². The summed E-state index contributed by atoms with van der Waals surface area (Å²) in [5, 5.41) is 3.71. The first kappa shape index (κ1) is 17.0. The van der Waals surface area contributed by atoms with Crippen LogP contribution in [0.5, 0.6) is 0 Å². The molecule has 0 bridgehead atoms. The molecule has 1 heteroatoms. The van der Waals surface area contributed by atoms with Crippen molar-refractivity contribution in [1.29, 1.82) is 0 Å². The van der Waals surface area contributed by atoms with Crippen molar-refractivity contribution in [3.05, 3.63) is 0 Å². The number of unbranched alkanes of at least 4 members (excludes halogenated alkanes) is 2. The summed E-state index contributed by atoms with van der Waals surface area (Å²) in [4.78, 5) is 0. The molecule has 0 aliphatic carbocycles. The summed E-state index contributed by atoms with van der Waals surface area (Å²) in [6.45, 7) is 11.7. The van der Waals surface area contributed by atoms with E-state index in [1.54, 1.807) is 0 Å². The summed E-state index contributed by atoms with van der Waals surface area (Å²) in [7, 11) is 0. The molecule has 0 aliphatic heterocycles. The van der Waals surface area contributed by atoms with E-state index in [-0.39, 0.29) is 0 Å². The highest BCUT2D eigenvalue weighted by Crippen LogP contribution is 2.13. The van der Waals surface area contributed by atoms with E-state index in [0.717, 1.165) is 11.8 Å². The van der Waals surface area contributed by atoms with Crippen LogP contribution < -0.4 is 5.32 Å². The minimum atomic E-state index is 0.902. The maximum absolute atomic E-state index is 3.71. The van der Waals surface area contributed by atoms with E-state index in [0.29, 0.717) is 0 Å². The van der Waals surface area contributed by atoms with Crippen LogP contribution in [0.1, 0.15) is 79.1 Å². The van der Waals surface area contributed by atoms with Gasteiger partial charge in [0.15, 0.2) is 0 Å². The van der Waals surface area contributed by atoms with Gasteiger partial charge in [-0.2, -0.15) is 0 Å². The van der Waals surface area contributed by atoms with E-state index in [1.165, 1.54) is 64.5 Å². The van der Waals surface area contributed by atoms with E-state index in [1.807, 2.05) is 0 Å². The van der Waals surface area contributed by atoms with Gasteiger partial charge in [-0.25, -0.2) is 0 Å². The fraction of sp³-hybridized carbons (Fsp3) is 1.00. The third-order valence-corrected chi connectivity index (χ3v) is 3.95. The molecule has 0 heterocycles. The Balaban J connectivity index is 3.61. The third kappa shape index (κ3) is 9.64. The van der Waals surface area contributed by atoms with Gasteiger partial charge in [0.05, 0.1) is 0 Å². The van der Waals surface area contributed by atoms with Crippen molar-refractivity contribution in [2.45, 2.75) is 79.1 Å². The Morgan fingerprint density at radius 2 is 1.12 bits per heavy atom. The molecule has 0 aromatic heterocycles. The van der Waals surface area contributed by atoms with Gasteiger partial charge in [0.25, 0.3) is 0 Å². The van der Waals surface area contributed by atoms with Gasteiger partial charge >= 0.3 is 0 Å². The first-order chi connectivity index (χ1) is 8.28. The first-order valence-corrected chi connectivity index (χ1v) is 7.99. The molecule has 0 amide bonds. The Bertz CT molecular complexity index is 128. The van der Waals surface area contributed by atoms with Gasteiger partial charge in [-0.3, -0.25) is 0 Å². The highest BCUT2D eigenvalue weighted by Gasteiger charge is 2.08. The summed E-state index contributed by atoms with van der Waals surface area (Å²) in [5.74, 6) is 1.80. The predicted octanol–water partition coefficient (Wildman–Crippen LogP) is 5.01. The van der Waals surface area contributed by atoms with Crippen LogP contribution in [0.4, 0.5) is 0 Å². The molecule has 2 atom stereocenters. The Hall–Kier alpha value is -0.0400. The number of hydrogen-bond acceptors (Lipinski definition) is 1. The Morgan fingerprint density at radius 3 is 1.41 bits per heavy atom. The average Bonchev–Trinajstić information content (AvgIpc) is 2.37. The predicted molar refractivity (Wildman–Crippen MR) is 79.5 cm³/mol. The van der Waals surface area contributed by atoms with Crippen LogP contribution in [0.3, 0.4) is 0 Å². The van der Waals surface area contributed by atoms with Crippen molar-refractivity contribution in [3.8, 4) is 0 Å². The van der Waals surface area contributed by atoms with Crippen molar-refractivity contribution >= 4 is 0 Å². The number of hydrogen-bond donors (Lipinski definition) is 1. The zero-order valence-electron chi connectivity index (χ0n) is 12.7. The Kier molecular flexibility index (Phi) is 12.4. The summed E-state index contributed by atoms with van der Waals surface area (Å²) < 4.78 is 0. The van der Waals surface area contributed by atoms with E-state index in [2.05, 4.69) is 33.0 Å². The molecule has 0 aromatic rings. The highest BCUT2D eigenvalue weighted by atomic mass is 14.9. The van der Waals surface area contributed by atoms with Crippen molar-refractivity contribution in [3.63, 3.8) is 0 Å². The van der Waals surface area contributed by atoms with Gasteiger partial charge in [0.2, 0.25) is 0 Å². The maximum atomic E-state index is 3.71. The molecule has 1 nitrogen and oxygen atoms in total. The lowest BCUT2D eigenvalue weighted by molar-refractivity contribution is 0.372. The Labute approximate surface area is 110 Å². The monoisotopic (exact) mass is 241 g/mol. The molecule has 0 aromatic carbocycles. The largest absolute Gasteiger partial charge is 0.316 e. The first-order valence-electron chi connectivity index (χ1n) is 7.99. The van der Waals surface area contributed by atoms with Gasteiger partial charge in [-0.1, -0.05) is 66.2 Å². The van der Waals surface area contributed by atoms with Crippen molar-refractivity contribution in [1.82, 2.24) is 5.32 Å². The average molecular weight is 241 g/mol. The normalized spacial score (nSPS) is 14.8. The number of rotatable bonds is 12.